The minimum atomic E-state index is -0.166. The number of aldehydes is 1. The van der Waals surface area contributed by atoms with E-state index in [-0.39, 0.29) is 18.0 Å². The van der Waals surface area contributed by atoms with Gasteiger partial charge in [0.15, 0.2) is 0 Å². The molecule has 0 saturated carbocycles. The van der Waals surface area contributed by atoms with Crippen LogP contribution in [-0.4, -0.2) is 42.3 Å². The molecule has 2 saturated heterocycles. The average molecular weight is 210 g/mol. The monoisotopic (exact) mass is 210 g/mol. The van der Waals surface area contributed by atoms with Crippen LogP contribution < -0.4 is 5.32 Å². The van der Waals surface area contributed by atoms with Crippen LogP contribution in [0.5, 0.6) is 0 Å². The van der Waals surface area contributed by atoms with Crippen LogP contribution in [0.1, 0.15) is 32.1 Å². The molecule has 0 unspecified atom stereocenters. The van der Waals surface area contributed by atoms with Gasteiger partial charge in [-0.2, -0.15) is 0 Å². The molecule has 0 aromatic rings. The SMILES string of the molecule is O=C[C@@H]1CCCN1C(=O)[C@@H]1CCCCN1. The number of carbonyl (C=O) groups excluding carboxylic acids is 2. The van der Waals surface area contributed by atoms with Gasteiger partial charge >= 0.3 is 0 Å². The number of hydrogen-bond donors (Lipinski definition) is 1. The first kappa shape index (κ1) is 10.6. The molecular weight excluding hydrogens is 192 g/mol. The number of amides is 1. The van der Waals surface area contributed by atoms with Crippen molar-refractivity contribution in [2.24, 2.45) is 0 Å². The van der Waals surface area contributed by atoms with Crippen molar-refractivity contribution in [3.63, 3.8) is 0 Å². The second-order valence-electron chi connectivity index (χ2n) is 4.38. The summed E-state index contributed by atoms with van der Waals surface area (Å²) in [6, 6.07) is -0.208. The Balaban J connectivity index is 1.96. The number of nitrogens with zero attached hydrogens (tertiary/aromatic N) is 1. The summed E-state index contributed by atoms with van der Waals surface area (Å²) < 4.78 is 0. The maximum absolute atomic E-state index is 12.1. The summed E-state index contributed by atoms with van der Waals surface area (Å²) in [4.78, 5) is 24.6. The molecule has 0 radical (unpaired) electrons. The van der Waals surface area contributed by atoms with Crippen LogP contribution in [0.4, 0.5) is 0 Å². The Hall–Kier alpha value is -0.900. The van der Waals surface area contributed by atoms with Crippen LogP contribution in [-0.2, 0) is 9.59 Å². The molecule has 1 N–H and O–H groups in total. The molecule has 2 atom stereocenters. The van der Waals surface area contributed by atoms with Gasteiger partial charge in [-0.1, -0.05) is 6.42 Å². The normalized spacial score (nSPS) is 31.6. The van der Waals surface area contributed by atoms with Crippen LogP contribution in [0, 0.1) is 0 Å². The second-order valence-corrected chi connectivity index (χ2v) is 4.38. The number of likely N-dealkylation sites (tertiary alicyclic amines) is 1. The lowest BCUT2D eigenvalue weighted by molar-refractivity contribution is -0.137. The number of piperidine rings is 1. The second kappa shape index (κ2) is 4.75. The van der Waals surface area contributed by atoms with Gasteiger partial charge in [0.1, 0.15) is 6.29 Å². The third kappa shape index (κ3) is 2.20. The van der Waals surface area contributed by atoms with Crippen molar-refractivity contribution < 1.29 is 9.59 Å². The molecule has 0 aromatic heterocycles. The van der Waals surface area contributed by atoms with E-state index in [0.717, 1.165) is 51.5 Å². The van der Waals surface area contributed by atoms with Gasteiger partial charge in [-0.15, -0.1) is 0 Å². The van der Waals surface area contributed by atoms with Crippen molar-refractivity contribution in [1.29, 1.82) is 0 Å². The third-order valence-corrected chi connectivity index (χ3v) is 3.35. The molecule has 2 fully saturated rings. The Bertz CT molecular complexity index is 249. The summed E-state index contributed by atoms with van der Waals surface area (Å²) in [7, 11) is 0. The van der Waals surface area contributed by atoms with Crippen LogP contribution >= 0.6 is 0 Å². The molecule has 4 nitrogen and oxygen atoms in total. The van der Waals surface area contributed by atoms with Gasteiger partial charge < -0.3 is 15.0 Å². The molecule has 84 valence electrons. The van der Waals surface area contributed by atoms with Gasteiger partial charge in [-0.3, -0.25) is 4.79 Å². The number of hydrogen-bond acceptors (Lipinski definition) is 3. The summed E-state index contributed by atoms with van der Waals surface area (Å²) in [6.07, 6.45) is 5.89. The lowest BCUT2D eigenvalue weighted by Crippen LogP contribution is -2.50. The highest BCUT2D eigenvalue weighted by Crippen LogP contribution is 2.19. The van der Waals surface area contributed by atoms with Gasteiger partial charge in [0.05, 0.1) is 12.1 Å². The molecule has 0 aromatic carbocycles. The number of nitrogens with one attached hydrogen (secondary N) is 1. The third-order valence-electron chi connectivity index (χ3n) is 3.35. The van der Waals surface area contributed by atoms with E-state index in [1.165, 1.54) is 0 Å². The average Bonchev–Trinajstić information content (AvgIpc) is 2.77. The van der Waals surface area contributed by atoms with Gasteiger partial charge in [-0.25, -0.2) is 0 Å². The molecule has 2 aliphatic rings. The van der Waals surface area contributed by atoms with Gasteiger partial charge in [0.2, 0.25) is 5.91 Å². The van der Waals surface area contributed by atoms with Crippen molar-refractivity contribution in [2.45, 2.75) is 44.2 Å². The largest absolute Gasteiger partial charge is 0.332 e. The van der Waals surface area contributed by atoms with E-state index in [1.54, 1.807) is 4.90 Å². The molecule has 2 rings (SSSR count). The van der Waals surface area contributed by atoms with Crippen molar-refractivity contribution >= 4 is 12.2 Å². The van der Waals surface area contributed by atoms with Crippen molar-refractivity contribution in [3.05, 3.63) is 0 Å². The lowest BCUT2D eigenvalue weighted by Gasteiger charge is -2.29. The van der Waals surface area contributed by atoms with Crippen LogP contribution in [0.15, 0.2) is 0 Å². The maximum atomic E-state index is 12.1. The molecule has 4 heteroatoms. The van der Waals surface area contributed by atoms with Crippen LogP contribution in [0.25, 0.3) is 0 Å². The van der Waals surface area contributed by atoms with E-state index in [0.29, 0.717) is 0 Å². The van der Waals surface area contributed by atoms with Crippen LogP contribution in [0.3, 0.4) is 0 Å². The Morgan fingerprint density at radius 3 is 2.80 bits per heavy atom. The molecule has 0 spiro atoms. The van der Waals surface area contributed by atoms with E-state index in [2.05, 4.69) is 5.32 Å². The summed E-state index contributed by atoms with van der Waals surface area (Å²) in [5, 5.41) is 3.23. The highest BCUT2D eigenvalue weighted by molar-refractivity contribution is 5.85. The van der Waals surface area contributed by atoms with E-state index in [9.17, 15) is 9.59 Å². The predicted molar refractivity (Wildman–Crippen MR) is 56.4 cm³/mol. The molecule has 2 aliphatic heterocycles. The topological polar surface area (TPSA) is 49.4 Å². The molecule has 15 heavy (non-hydrogen) atoms. The molecule has 1 amide bonds. The minimum Gasteiger partial charge on any atom is -0.332 e. The summed E-state index contributed by atoms with van der Waals surface area (Å²) in [5.74, 6) is 0.129. The van der Waals surface area contributed by atoms with Gasteiger partial charge in [-0.05, 0) is 32.2 Å². The van der Waals surface area contributed by atoms with Crippen molar-refractivity contribution in [1.82, 2.24) is 10.2 Å². The fraction of sp³-hybridized carbons (Fsp3) is 0.818. The van der Waals surface area contributed by atoms with E-state index in [1.807, 2.05) is 0 Å². The van der Waals surface area contributed by atoms with Crippen LogP contribution in [0.2, 0.25) is 0 Å². The Labute approximate surface area is 90.0 Å². The van der Waals surface area contributed by atoms with Gasteiger partial charge in [0, 0.05) is 6.54 Å². The van der Waals surface area contributed by atoms with E-state index in [4.69, 9.17) is 0 Å². The first-order valence-electron chi connectivity index (χ1n) is 5.82. The zero-order chi connectivity index (χ0) is 10.7. The van der Waals surface area contributed by atoms with Crippen molar-refractivity contribution in [3.8, 4) is 0 Å². The maximum Gasteiger partial charge on any atom is 0.240 e. The van der Waals surface area contributed by atoms with Crippen molar-refractivity contribution in [2.75, 3.05) is 13.1 Å². The Morgan fingerprint density at radius 1 is 1.27 bits per heavy atom. The van der Waals surface area contributed by atoms with Gasteiger partial charge in [0.25, 0.3) is 0 Å². The van der Waals surface area contributed by atoms with E-state index >= 15 is 0 Å². The highest BCUT2D eigenvalue weighted by Gasteiger charge is 2.33. The smallest absolute Gasteiger partial charge is 0.240 e. The predicted octanol–water partition coefficient (Wildman–Crippen LogP) is 0.318. The minimum absolute atomic E-state index is 0.0423. The zero-order valence-electron chi connectivity index (χ0n) is 8.95. The lowest BCUT2D eigenvalue weighted by atomic mass is 10.0. The molecule has 0 bridgehead atoms. The zero-order valence-corrected chi connectivity index (χ0v) is 8.95. The quantitative estimate of drug-likeness (QED) is 0.668. The Morgan fingerprint density at radius 2 is 2.13 bits per heavy atom. The first-order chi connectivity index (χ1) is 7.33. The van der Waals surface area contributed by atoms with E-state index < -0.39 is 0 Å². The Kier molecular flexibility index (Phi) is 3.36. The fourth-order valence-corrected chi connectivity index (χ4v) is 2.47. The number of carbonyl (C=O) groups is 2. The summed E-state index contributed by atoms with van der Waals surface area (Å²) in [6.45, 7) is 1.68. The first-order valence-corrected chi connectivity index (χ1v) is 5.82. The molecule has 2 heterocycles. The highest BCUT2D eigenvalue weighted by atomic mass is 16.2. The number of rotatable bonds is 2. The summed E-state index contributed by atoms with van der Waals surface area (Å²) in [5.41, 5.74) is 0. The standard InChI is InChI=1S/C11H18N2O2/c14-8-9-4-3-7-13(9)11(15)10-5-1-2-6-12-10/h8-10,12H,1-7H2/t9-,10-/m0/s1. The molecule has 0 aliphatic carbocycles. The molecular formula is C11H18N2O2. The fourth-order valence-electron chi connectivity index (χ4n) is 2.47. The summed E-state index contributed by atoms with van der Waals surface area (Å²) >= 11 is 0.